The van der Waals surface area contributed by atoms with Crippen LogP contribution in [0.2, 0.25) is 0 Å². The van der Waals surface area contributed by atoms with Gasteiger partial charge in [0, 0.05) is 43.7 Å². The number of hydrogen-bond donors (Lipinski definition) is 1. The third-order valence-electron chi connectivity index (χ3n) is 6.80. The Bertz CT molecular complexity index is 1320. The molecule has 1 spiro atoms. The Hall–Kier alpha value is -3.83. The third kappa shape index (κ3) is 7.28. The Morgan fingerprint density at radius 2 is 1.88 bits per heavy atom. The molecule has 0 aromatic carbocycles. The molecular weight excluding hydrogens is 528 g/mol. The number of hydrogen-bond acceptors (Lipinski definition) is 9. The molecule has 2 aromatic heterocycles. The van der Waals surface area contributed by atoms with Crippen molar-refractivity contribution in [2.75, 3.05) is 51.9 Å². The second-order valence-corrected chi connectivity index (χ2v) is 11.1. The van der Waals surface area contributed by atoms with Gasteiger partial charge in [-0.2, -0.15) is 0 Å². The van der Waals surface area contributed by atoms with Crippen molar-refractivity contribution in [3.63, 3.8) is 0 Å². The molecule has 11 heteroatoms. The van der Waals surface area contributed by atoms with Crippen LogP contribution in [0.5, 0.6) is 0 Å². The lowest BCUT2D eigenvalue weighted by Crippen LogP contribution is -2.36. The van der Waals surface area contributed by atoms with Crippen LogP contribution in [0.4, 0.5) is 10.6 Å². The summed E-state index contributed by atoms with van der Waals surface area (Å²) in [5, 5.41) is 2.91. The fraction of sp³-hybridized carbons (Fsp3) is 0.500. The molecule has 0 bridgehead atoms. The van der Waals surface area contributed by atoms with Gasteiger partial charge in [-0.05, 0) is 57.4 Å². The number of nitrogens with zero attached hydrogens (tertiary/aromatic N) is 3. The molecule has 2 amide bonds. The monoisotopic (exact) mass is 566 g/mol. The normalized spacial score (nSPS) is 17.4. The number of fused-ring (bicyclic) bond motifs is 3. The SMILES string of the molecule is CCOC(=O)c1cnc2c(c1)C[C@]1(C2)C(=O)Nc2ncc(/C=C/COCCOCCN(C)C(=O)OC(C)(C)C)cc21. The van der Waals surface area contributed by atoms with Gasteiger partial charge >= 0.3 is 12.1 Å². The van der Waals surface area contributed by atoms with E-state index in [0.29, 0.717) is 57.2 Å². The number of ether oxygens (including phenoxy) is 4. The topological polar surface area (TPSA) is 129 Å². The first-order chi connectivity index (χ1) is 19.5. The van der Waals surface area contributed by atoms with Crippen LogP contribution in [0.3, 0.4) is 0 Å². The molecule has 2 aromatic rings. The van der Waals surface area contributed by atoms with Crippen LogP contribution in [0.15, 0.2) is 30.6 Å². The minimum absolute atomic E-state index is 0.113. The number of anilines is 1. The van der Waals surface area contributed by atoms with E-state index < -0.39 is 17.0 Å². The van der Waals surface area contributed by atoms with Crippen molar-refractivity contribution in [1.29, 1.82) is 0 Å². The van der Waals surface area contributed by atoms with Crippen molar-refractivity contribution < 1.29 is 33.3 Å². The summed E-state index contributed by atoms with van der Waals surface area (Å²) in [6, 6.07) is 3.75. The summed E-state index contributed by atoms with van der Waals surface area (Å²) >= 11 is 0. The van der Waals surface area contributed by atoms with Gasteiger partial charge in [-0.25, -0.2) is 14.6 Å². The average Bonchev–Trinajstić information content (AvgIpc) is 3.43. The van der Waals surface area contributed by atoms with E-state index in [4.69, 9.17) is 18.9 Å². The van der Waals surface area contributed by atoms with Crippen LogP contribution >= 0.6 is 0 Å². The van der Waals surface area contributed by atoms with Gasteiger partial charge in [0.25, 0.3) is 0 Å². The molecule has 1 aliphatic heterocycles. The van der Waals surface area contributed by atoms with Gasteiger partial charge in [-0.3, -0.25) is 9.78 Å². The number of likely N-dealkylation sites (N-methyl/N-ethyl adjacent to an activating group) is 1. The molecule has 0 unspecified atom stereocenters. The van der Waals surface area contributed by atoms with E-state index in [0.717, 1.165) is 22.4 Å². The fourth-order valence-corrected chi connectivity index (χ4v) is 4.78. The maximum atomic E-state index is 13.1. The van der Waals surface area contributed by atoms with E-state index in [1.165, 1.54) is 11.1 Å². The van der Waals surface area contributed by atoms with Crippen LogP contribution in [0.25, 0.3) is 6.08 Å². The summed E-state index contributed by atoms with van der Waals surface area (Å²) in [6.07, 6.45) is 7.49. The minimum atomic E-state index is -0.805. The smallest absolute Gasteiger partial charge is 0.410 e. The van der Waals surface area contributed by atoms with Gasteiger partial charge in [-0.15, -0.1) is 0 Å². The van der Waals surface area contributed by atoms with Gasteiger partial charge in [0.05, 0.1) is 44.0 Å². The summed E-state index contributed by atoms with van der Waals surface area (Å²) in [5.74, 6) is 0.0161. The summed E-state index contributed by atoms with van der Waals surface area (Å²) in [6.45, 7) is 9.52. The predicted octanol–water partition coefficient (Wildman–Crippen LogP) is 3.56. The number of pyridine rings is 2. The lowest BCUT2D eigenvalue weighted by molar-refractivity contribution is -0.120. The van der Waals surface area contributed by atoms with E-state index in [2.05, 4.69) is 15.3 Å². The van der Waals surface area contributed by atoms with Crippen molar-refractivity contribution >= 4 is 29.9 Å². The molecule has 0 saturated heterocycles. The number of amides is 2. The summed E-state index contributed by atoms with van der Waals surface area (Å²) < 4.78 is 21.6. The summed E-state index contributed by atoms with van der Waals surface area (Å²) in [4.78, 5) is 47.7. The van der Waals surface area contributed by atoms with Crippen molar-refractivity contribution in [2.24, 2.45) is 0 Å². The van der Waals surface area contributed by atoms with Crippen LogP contribution in [-0.2, 0) is 42.0 Å². The Kier molecular flexibility index (Phi) is 9.39. The van der Waals surface area contributed by atoms with Crippen LogP contribution < -0.4 is 5.32 Å². The molecule has 4 rings (SSSR count). The van der Waals surface area contributed by atoms with Gasteiger partial charge in [0.2, 0.25) is 5.91 Å². The van der Waals surface area contributed by atoms with E-state index in [-0.39, 0.29) is 18.6 Å². The van der Waals surface area contributed by atoms with Gasteiger partial charge in [0.1, 0.15) is 11.4 Å². The number of aromatic nitrogens is 2. The van der Waals surface area contributed by atoms with Gasteiger partial charge in [0.15, 0.2) is 0 Å². The van der Waals surface area contributed by atoms with Gasteiger partial charge < -0.3 is 29.2 Å². The van der Waals surface area contributed by atoms with Crippen molar-refractivity contribution in [3.8, 4) is 0 Å². The first kappa shape index (κ1) is 30.1. The van der Waals surface area contributed by atoms with E-state index in [1.54, 1.807) is 26.2 Å². The Labute approximate surface area is 240 Å². The molecule has 0 radical (unpaired) electrons. The first-order valence-corrected chi connectivity index (χ1v) is 13.8. The maximum absolute atomic E-state index is 13.1. The molecule has 220 valence electrons. The highest BCUT2D eigenvalue weighted by Gasteiger charge is 2.52. The lowest BCUT2D eigenvalue weighted by Gasteiger charge is -2.24. The second-order valence-electron chi connectivity index (χ2n) is 11.1. The Morgan fingerprint density at radius 3 is 2.63 bits per heavy atom. The first-order valence-electron chi connectivity index (χ1n) is 13.8. The molecule has 41 heavy (non-hydrogen) atoms. The molecule has 1 atom stereocenters. The molecule has 11 nitrogen and oxygen atoms in total. The molecule has 0 saturated carbocycles. The quantitative estimate of drug-likeness (QED) is 0.321. The Balaban J connectivity index is 1.25. The lowest BCUT2D eigenvalue weighted by atomic mass is 9.79. The zero-order valence-corrected chi connectivity index (χ0v) is 24.3. The molecule has 3 heterocycles. The van der Waals surface area contributed by atoms with E-state index >= 15 is 0 Å². The van der Waals surface area contributed by atoms with Crippen LogP contribution in [-0.4, -0.2) is 85.1 Å². The maximum Gasteiger partial charge on any atom is 0.410 e. The Morgan fingerprint density at radius 1 is 1.10 bits per heavy atom. The zero-order valence-electron chi connectivity index (χ0n) is 24.3. The number of carbonyl (C=O) groups excluding carboxylic acids is 3. The molecule has 1 N–H and O–H groups in total. The largest absolute Gasteiger partial charge is 0.462 e. The van der Waals surface area contributed by atoms with Crippen molar-refractivity contribution in [3.05, 3.63) is 58.6 Å². The highest BCUT2D eigenvalue weighted by molar-refractivity contribution is 6.06. The highest BCUT2D eigenvalue weighted by atomic mass is 16.6. The van der Waals surface area contributed by atoms with Crippen LogP contribution in [0, 0.1) is 0 Å². The summed E-state index contributed by atoms with van der Waals surface area (Å²) in [5.41, 5.74) is 2.39. The second kappa shape index (κ2) is 12.8. The molecule has 1 aliphatic carbocycles. The fourth-order valence-electron chi connectivity index (χ4n) is 4.78. The number of rotatable bonds is 11. The van der Waals surface area contributed by atoms with E-state index in [9.17, 15) is 14.4 Å². The van der Waals surface area contributed by atoms with E-state index in [1.807, 2.05) is 39.0 Å². The third-order valence-corrected chi connectivity index (χ3v) is 6.80. The molecule has 0 fully saturated rings. The standard InChI is InChI=1S/C30H38N4O7/c1-6-40-26(35)22-15-21-16-30(17-24(21)31-19-22)23-14-20(18-32-25(23)33-27(30)36)8-7-10-38-12-13-39-11-9-34(5)28(37)41-29(2,3)4/h7-8,14-15,18-19H,6,9-13,16-17H2,1-5H3,(H,32,33,36)/b8-7+/t30-/m1/s1. The van der Waals surface area contributed by atoms with Crippen molar-refractivity contribution in [1.82, 2.24) is 14.9 Å². The summed E-state index contributed by atoms with van der Waals surface area (Å²) in [7, 11) is 1.67. The number of esters is 1. The predicted molar refractivity (Wildman–Crippen MR) is 152 cm³/mol. The average molecular weight is 567 g/mol. The number of carbonyl (C=O) groups is 3. The minimum Gasteiger partial charge on any atom is -0.462 e. The molecular formula is C30H38N4O7. The van der Waals surface area contributed by atoms with Crippen molar-refractivity contribution in [2.45, 2.75) is 51.6 Å². The van der Waals surface area contributed by atoms with Crippen LogP contribution in [0.1, 0.15) is 60.4 Å². The zero-order chi connectivity index (χ0) is 29.6. The highest BCUT2D eigenvalue weighted by Crippen LogP contribution is 2.46. The van der Waals surface area contributed by atoms with Gasteiger partial charge in [-0.1, -0.05) is 12.2 Å². The number of nitrogens with one attached hydrogen (secondary N) is 1. The molecule has 2 aliphatic rings.